The Labute approximate surface area is 146 Å². The van der Waals surface area contributed by atoms with Crippen molar-refractivity contribution in [3.05, 3.63) is 48.0 Å². The van der Waals surface area contributed by atoms with Crippen LogP contribution in [0.25, 0.3) is 0 Å². The topological polar surface area (TPSA) is 73.8 Å². The van der Waals surface area contributed by atoms with E-state index < -0.39 is 0 Å². The molecule has 1 aliphatic rings. The fourth-order valence-corrected chi connectivity index (χ4v) is 2.12. The van der Waals surface area contributed by atoms with Gasteiger partial charge in [0.1, 0.15) is 0 Å². The van der Waals surface area contributed by atoms with Crippen LogP contribution in [0.1, 0.15) is 20.7 Å². The van der Waals surface area contributed by atoms with Gasteiger partial charge in [0.2, 0.25) is 0 Å². The zero-order valence-corrected chi connectivity index (χ0v) is 14.7. The van der Waals surface area contributed by atoms with Crippen molar-refractivity contribution in [3.8, 4) is 0 Å². The van der Waals surface area contributed by atoms with Gasteiger partial charge < -0.3 is 10.6 Å². The summed E-state index contributed by atoms with van der Waals surface area (Å²) in [6, 6.07) is 6.86. The molecule has 0 bridgehead atoms. The zero-order chi connectivity index (χ0) is 15.2. The number of hydrogen-bond acceptors (Lipinski definition) is 3. The summed E-state index contributed by atoms with van der Waals surface area (Å²) < 4.78 is 0. The van der Waals surface area contributed by atoms with E-state index >= 15 is 0 Å². The van der Waals surface area contributed by atoms with Crippen molar-refractivity contribution in [3.63, 3.8) is 0 Å². The van der Waals surface area contributed by atoms with Gasteiger partial charge in [0.25, 0.3) is 11.8 Å². The molecule has 22 heavy (non-hydrogen) atoms. The van der Waals surface area contributed by atoms with Gasteiger partial charge in [-0.2, -0.15) is 0 Å². The highest BCUT2D eigenvalue weighted by atomic mass is 127. The lowest BCUT2D eigenvalue weighted by atomic mass is 10.1. The molecule has 1 aromatic carbocycles. The SMILES string of the molecule is C=CCNC(=NC)NCCN1C(=O)c2ccccc2C1=O.I. The van der Waals surface area contributed by atoms with E-state index in [2.05, 4.69) is 22.2 Å². The van der Waals surface area contributed by atoms with Gasteiger partial charge in [-0.1, -0.05) is 18.2 Å². The minimum Gasteiger partial charge on any atom is -0.355 e. The fourth-order valence-electron chi connectivity index (χ4n) is 2.12. The van der Waals surface area contributed by atoms with Crippen molar-refractivity contribution in [2.24, 2.45) is 4.99 Å². The van der Waals surface area contributed by atoms with Crippen molar-refractivity contribution in [1.82, 2.24) is 15.5 Å². The zero-order valence-electron chi connectivity index (χ0n) is 12.3. The second-order valence-corrected chi connectivity index (χ2v) is 4.48. The Morgan fingerprint density at radius 1 is 1.23 bits per heavy atom. The molecule has 0 aromatic heterocycles. The van der Waals surface area contributed by atoms with Crippen LogP contribution in [0.3, 0.4) is 0 Å². The van der Waals surface area contributed by atoms with E-state index in [0.29, 0.717) is 36.7 Å². The molecule has 0 fully saturated rings. The van der Waals surface area contributed by atoms with Gasteiger partial charge in [0.05, 0.1) is 11.1 Å². The van der Waals surface area contributed by atoms with Gasteiger partial charge in [-0.05, 0) is 12.1 Å². The molecule has 0 aliphatic carbocycles. The fraction of sp³-hybridized carbons (Fsp3) is 0.267. The van der Waals surface area contributed by atoms with Crippen LogP contribution in [0, 0.1) is 0 Å². The van der Waals surface area contributed by atoms with Crippen molar-refractivity contribution >= 4 is 41.8 Å². The van der Waals surface area contributed by atoms with Gasteiger partial charge >= 0.3 is 0 Å². The number of carbonyl (C=O) groups excluding carboxylic acids is 2. The Kier molecular flexibility index (Phi) is 7.03. The Morgan fingerprint density at radius 2 is 1.82 bits per heavy atom. The number of rotatable bonds is 5. The summed E-state index contributed by atoms with van der Waals surface area (Å²) in [5.74, 6) is 0.115. The first-order valence-electron chi connectivity index (χ1n) is 6.69. The molecule has 1 aliphatic heterocycles. The third-order valence-electron chi connectivity index (χ3n) is 3.14. The Balaban J connectivity index is 0.00000242. The van der Waals surface area contributed by atoms with E-state index in [-0.39, 0.29) is 35.8 Å². The standard InChI is InChI=1S/C15H18N4O2.HI/c1-3-8-17-15(16-2)18-9-10-19-13(20)11-6-4-5-7-12(11)14(19)21;/h3-7H,1,8-10H2,2H3,(H2,16,17,18);1H. The number of fused-ring (bicyclic) bond motifs is 1. The minimum atomic E-state index is -0.244. The molecule has 0 spiro atoms. The molecule has 118 valence electrons. The number of carbonyl (C=O) groups is 2. The first-order chi connectivity index (χ1) is 10.2. The van der Waals surface area contributed by atoms with Crippen LogP contribution in [0.4, 0.5) is 0 Å². The molecule has 2 amide bonds. The average molecular weight is 414 g/mol. The summed E-state index contributed by atoms with van der Waals surface area (Å²) in [5, 5.41) is 6.06. The summed E-state index contributed by atoms with van der Waals surface area (Å²) in [6.07, 6.45) is 1.72. The van der Waals surface area contributed by atoms with Crippen LogP contribution in [0.15, 0.2) is 41.9 Å². The first kappa shape index (κ1) is 18.1. The van der Waals surface area contributed by atoms with Gasteiger partial charge in [-0.25, -0.2) is 0 Å². The summed E-state index contributed by atoms with van der Waals surface area (Å²) in [7, 11) is 1.65. The summed E-state index contributed by atoms with van der Waals surface area (Å²) in [6.45, 7) is 4.93. The summed E-state index contributed by atoms with van der Waals surface area (Å²) in [4.78, 5) is 29.6. The third kappa shape index (κ3) is 3.85. The van der Waals surface area contributed by atoms with E-state index in [1.807, 2.05) is 0 Å². The number of guanidine groups is 1. The van der Waals surface area contributed by atoms with Gasteiger partial charge in [-0.15, -0.1) is 30.6 Å². The number of imide groups is 1. The number of nitrogens with zero attached hydrogens (tertiary/aromatic N) is 2. The van der Waals surface area contributed by atoms with E-state index in [9.17, 15) is 9.59 Å². The highest BCUT2D eigenvalue weighted by molar-refractivity contribution is 14.0. The van der Waals surface area contributed by atoms with Gasteiger partial charge in [0.15, 0.2) is 5.96 Å². The molecule has 2 rings (SSSR count). The molecule has 0 saturated carbocycles. The lowest BCUT2D eigenvalue weighted by molar-refractivity contribution is 0.0657. The molecule has 0 unspecified atom stereocenters. The number of nitrogens with one attached hydrogen (secondary N) is 2. The Morgan fingerprint density at radius 3 is 2.32 bits per heavy atom. The molecule has 0 atom stereocenters. The minimum absolute atomic E-state index is 0. The molecule has 0 saturated heterocycles. The van der Waals surface area contributed by atoms with E-state index in [0.717, 1.165) is 0 Å². The maximum atomic E-state index is 12.1. The van der Waals surface area contributed by atoms with Crippen molar-refractivity contribution in [2.45, 2.75) is 0 Å². The molecular weight excluding hydrogens is 395 g/mol. The van der Waals surface area contributed by atoms with Gasteiger partial charge in [-0.3, -0.25) is 19.5 Å². The number of amides is 2. The maximum Gasteiger partial charge on any atom is 0.261 e. The highest BCUT2D eigenvalue weighted by Gasteiger charge is 2.34. The van der Waals surface area contributed by atoms with Crippen LogP contribution < -0.4 is 10.6 Å². The molecule has 2 N–H and O–H groups in total. The molecule has 1 heterocycles. The quantitative estimate of drug-likeness (QED) is 0.250. The van der Waals surface area contributed by atoms with Crippen LogP contribution >= 0.6 is 24.0 Å². The van der Waals surface area contributed by atoms with Crippen molar-refractivity contribution in [2.75, 3.05) is 26.7 Å². The van der Waals surface area contributed by atoms with E-state index in [1.165, 1.54) is 4.90 Å². The van der Waals surface area contributed by atoms with Crippen molar-refractivity contribution in [1.29, 1.82) is 0 Å². The van der Waals surface area contributed by atoms with E-state index in [1.54, 1.807) is 37.4 Å². The first-order valence-corrected chi connectivity index (χ1v) is 6.69. The lowest BCUT2D eigenvalue weighted by Gasteiger charge is -2.15. The van der Waals surface area contributed by atoms with Crippen LogP contribution in [-0.4, -0.2) is 49.4 Å². The molecule has 1 aromatic rings. The van der Waals surface area contributed by atoms with Crippen LogP contribution in [0.2, 0.25) is 0 Å². The smallest absolute Gasteiger partial charge is 0.261 e. The second-order valence-electron chi connectivity index (χ2n) is 4.48. The van der Waals surface area contributed by atoms with Crippen molar-refractivity contribution < 1.29 is 9.59 Å². The molecule has 6 nitrogen and oxygen atoms in total. The van der Waals surface area contributed by atoms with Crippen LogP contribution in [0.5, 0.6) is 0 Å². The average Bonchev–Trinajstić information content (AvgIpc) is 2.76. The van der Waals surface area contributed by atoms with Gasteiger partial charge in [0, 0.05) is 26.7 Å². The number of hydrogen-bond donors (Lipinski definition) is 2. The monoisotopic (exact) mass is 414 g/mol. The molecule has 0 radical (unpaired) electrons. The second kappa shape index (κ2) is 8.52. The van der Waals surface area contributed by atoms with Crippen LogP contribution in [-0.2, 0) is 0 Å². The summed E-state index contributed by atoms with van der Waals surface area (Å²) >= 11 is 0. The predicted molar refractivity (Wildman–Crippen MR) is 96.8 cm³/mol. The molecular formula is C15H19IN4O2. The number of benzene rings is 1. The highest BCUT2D eigenvalue weighted by Crippen LogP contribution is 2.21. The maximum absolute atomic E-state index is 12.1. The number of halogens is 1. The Bertz CT molecular complexity index is 566. The number of aliphatic imine (C=N–C) groups is 1. The Hall–Kier alpha value is -1.90. The summed E-state index contributed by atoms with van der Waals surface area (Å²) in [5.41, 5.74) is 0.938. The van der Waals surface area contributed by atoms with E-state index in [4.69, 9.17) is 0 Å². The largest absolute Gasteiger partial charge is 0.355 e. The lowest BCUT2D eigenvalue weighted by Crippen LogP contribution is -2.42. The molecule has 7 heteroatoms. The normalized spacial score (nSPS) is 13.5. The predicted octanol–water partition coefficient (Wildman–Crippen LogP) is 1.25. The third-order valence-corrected chi connectivity index (χ3v) is 3.14.